The summed E-state index contributed by atoms with van der Waals surface area (Å²) in [6, 6.07) is 5.76. The number of ether oxygens (including phenoxy) is 2. The molecule has 2 atom stereocenters. The van der Waals surface area contributed by atoms with Gasteiger partial charge in [-0.25, -0.2) is 0 Å². The SMILES string of the molecule is COC(=O)[C@H]1CC=C([n+]2ccccc2)C[C@H]1C(=O)OC. The Bertz CT molecular complexity index is 524. The van der Waals surface area contributed by atoms with Crippen molar-refractivity contribution in [2.75, 3.05) is 14.2 Å². The lowest BCUT2D eigenvalue weighted by Crippen LogP contribution is -2.40. The second kappa shape index (κ2) is 6.32. The van der Waals surface area contributed by atoms with E-state index in [1.54, 1.807) is 0 Å². The van der Waals surface area contributed by atoms with Crippen LogP contribution in [0.5, 0.6) is 0 Å². The topological polar surface area (TPSA) is 56.5 Å². The van der Waals surface area contributed by atoms with E-state index in [9.17, 15) is 9.59 Å². The molecule has 0 aliphatic heterocycles. The number of hydrogen-bond acceptors (Lipinski definition) is 4. The molecule has 1 aromatic heterocycles. The molecule has 0 bridgehead atoms. The third-order valence-electron chi connectivity index (χ3n) is 3.58. The number of carbonyl (C=O) groups is 2. The number of nitrogens with zero attached hydrogens (tertiary/aromatic N) is 1. The maximum Gasteiger partial charge on any atom is 0.310 e. The van der Waals surface area contributed by atoms with E-state index in [4.69, 9.17) is 9.47 Å². The Morgan fingerprint density at radius 1 is 1.05 bits per heavy atom. The van der Waals surface area contributed by atoms with Crippen molar-refractivity contribution < 1.29 is 23.6 Å². The van der Waals surface area contributed by atoms with E-state index >= 15 is 0 Å². The highest BCUT2D eigenvalue weighted by Crippen LogP contribution is 2.31. The highest BCUT2D eigenvalue weighted by Gasteiger charge is 2.40. The van der Waals surface area contributed by atoms with Crippen LogP contribution in [-0.4, -0.2) is 26.2 Å². The van der Waals surface area contributed by atoms with Gasteiger partial charge in [0.05, 0.1) is 26.1 Å². The Labute approximate surface area is 117 Å². The van der Waals surface area contributed by atoms with Crippen LogP contribution in [0.1, 0.15) is 12.8 Å². The highest BCUT2D eigenvalue weighted by molar-refractivity contribution is 5.83. The molecule has 0 N–H and O–H groups in total. The Hall–Kier alpha value is -2.17. The largest absolute Gasteiger partial charge is 0.469 e. The summed E-state index contributed by atoms with van der Waals surface area (Å²) in [6.45, 7) is 0. The van der Waals surface area contributed by atoms with Gasteiger partial charge in [0, 0.05) is 18.6 Å². The van der Waals surface area contributed by atoms with Gasteiger partial charge in [-0.15, -0.1) is 0 Å². The molecule has 5 nitrogen and oxygen atoms in total. The van der Waals surface area contributed by atoms with Crippen LogP contribution in [0.2, 0.25) is 0 Å². The zero-order valence-electron chi connectivity index (χ0n) is 11.6. The second-order valence-electron chi connectivity index (χ2n) is 4.68. The Morgan fingerprint density at radius 3 is 2.25 bits per heavy atom. The molecule has 1 aliphatic carbocycles. The van der Waals surface area contributed by atoms with E-state index in [-0.39, 0.29) is 11.9 Å². The van der Waals surface area contributed by atoms with Gasteiger partial charge in [0.25, 0.3) is 0 Å². The summed E-state index contributed by atoms with van der Waals surface area (Å²) in [5.74, 6) is -1.71. The average Bonchev–Trinajstić information content (AvgIpc) is 2.53. The van der Waals surface area contributed by atoms with Crippen molar-refractivity contribution in [2.45, 2.75) is 12.8 Å². The fourth-order valence-corrected chi connectivity index (χ4v) is 2.49. The van der Waals surface area contributed by atoms with Gasteiger partial charge in [-0.1, -0.05) is 6.07 Å². The van der Waals surface area contributed by atoms with Crippen molar-refractivity contribution in [2.24, 2.45) is 11.8 Å². The second-order valence-corrected chi connectivity index (χ2v) is 4.68. The van der Waals surface area contributed by atoms with Gasteiger partial charge in [-0.3, -0.25) is 9.59 Å². The van der Waals surface area contributed by atoms with Gasteiger partial charge >= 0.3 is 11.9 Å². The number of hydrogen-bond donors (Lipinski definition) is 0. The minimum Gasteiger partial charge on any atom is -0.469 e. The molecule has 5 heteroatoms. The minimum absolute atomic E-state index is 0.367. The van der Waals surface area contributed by atoms with Crippen LogP contribution in [-0.2, 0) is 19.1 Å². The molecule has 0 saturated carbocycles. The van der Waals surface area contributed by atoms with Gasteiger partial charge in [-0.2, -0.15) is 4.57 Å². The molecule has 0 amide bonds. The van der Waals surface area contributed by atoms with Gasteiger partial charge in [-0.05, 0) is 12.5 Å². The zero-order valence-corrected chi connectivity index (χ0v) is 11.6. The normalized spacial score (nSPS) is 21.8. The number of carbonyl (C=O) groups excluding carboxylic acids is 2. The molecular formula is C15H18NO4+. The Morgan fingerprint density at radius 2 is 1.65 bits per heavy atom. The molecular weight excluding hydrogens is 258 g/mol. The Kier molecular flexibility index (Phi) is 4.50. The van der Waals surface area contributed by atoms with Crippen LogP contribution in [0, 0.1) is 11.8 Å². The Balaban J connectivity index is 2.27. The van der Waals surface area contributed by atoms with Crippen LogP contribution in [0.4, 0.5) is 0 Å². The molecule has 0 fully saturated rings. The smallest absolute Gasteiger partial charge is 0.310 e. The van der Waals surface area contributed by atoms with Crippen LogP contribution < -0.4 is 4.57 Å². The summed E-state index contributed by atoms with van der Waals surface area (Å²) in [5.41, 5.74) is 0.987. The van der Waals surface area contributed by atoms with Gasteiger partial charge in [0.15, 0.2) is 18.1 Å². The van der Waals surface area contributed by atoms with Gasteiger partial charge < -0.3 is 9.47 Å². The molecule has 20 heavy (non-hydrogen) atoms. The van der Waals surface area contributed by atoms with Gasteiger partial charge in [0.2, 0.25) is 0 Å². The lowest BCUT2D eigenvalue weighted by atomic mass is 9.81. The first-order valence-electron chi connectivity index (χ1n) is 6.48. The molecule has 0 radical (unpaired) electrons. The van der Waals surface area contributed by atoms with E-state index in [1.165, 1.54) is 14.2 Å². The molecule has 0 saturated heterocycles. The van der Waals surface area contributed by atoms with Crippen molar-refractivity contribution in [3.63, 3.8) is 0 Å². The van der Waals surface area contributed by atoms with E-state index in [0.29, 0.717) is 12.8 Å². The quantitative estimate of drug-likeness (QED) is 0.614. The molecule has 0 spiro atoms. The van der Waals surface area contributed by atoms with Crippen LogP contribution in [0.25, 0.3) is 5.70 Å². The van der Waals surface area contributed by atoms with E-state index in [2.05, 4.69) is 0 Å². The summed E-state index contributed by atoms with van der Waals surface area (Å²) in [6.07, 6.45) is 6.74. The maximum absolute atomic E-state index is 11.9. The predicted octanol–water partition coefficient (Wildman–Crippen LogP) is 1.19. The fourth-order valence-electron chi connectivity index (χ4n) is 2.49. The number of allylic oxidation sites excluding steroid dienone is 2. The standard InChI is InChI=1S/C15H18NO4/c1-19-14(17)12-7-6-11(10-13(12)15(18)20-2)16-8-4-3-5-9-16/h3-6,8-9,12-13H,7,10H2,1-2H3/q+1/t12-,13+/m0/s1. The van der Waals surface area contributed by atoms with E-state index in [1.807, 2.05) is 41.2 Å². The average molecular weight is 276 g/mol. The zero-order chi connectivity index (χ0) is 14.5. The number of rotatable bonds is 3. The lowest BCUT2D eigenvalue weighted by molar-refractivity contribution is -0.584. The van der Waals surface area contributed by atoms with Crippen LogP contribution in [0.3, 0.4) is 0 Å². The maximum atomic E-state index is 11.9. The van der Waals surface area contributed by atoms with Crippen molar-refractivity contribution in [1.29, 1.82) is 0 Å². The fraction of sp³-hybridized carbons (Fsp3) is 0.400. The van der Waals surface area contributed by atoms with Crippen LogP contribution in [0.15, 0.2) is 36.7 Å². The summed E-state index contributed by atoms with van der Waals surface area (Å²) in [4.78, 5) is 23.7. The highest BCUT2D eigenvalue weighted by atomic mass is 16.5. The molecule has 1 aromatic rings. The third-order valence-corrected chi connectivity index (χ3v) is 3.58. The number of esters is 2. The summed E-state index contributed by atoms with van der Waals surface area (Å²) < 4.78 is 11.5. The summed E-state index contributed by atoms with van der Waals surface area (Å²) in [5, 5.41) is 0. The molecule has 0 unspecified atom stereocenters. The van der Waals surface area contributed by atoms with Crippen LogP contribution >= 0.6 is 0 Å². The molecule has 1 aliphatic rings. The first-order valence-corrected chi connectivity index (χ1v) is 6.48. The molecule has 1 heterocycles. The van der Waals surface area contributed by atoms with Crippen molar-refractivity contribution >= 4 is 17.6 Å². The number of aromatic nitrogens is 1. The first-order chi connectivity index (χ1) is 9.67. The summed E-state index contributed by atoms with van der Waals surface area (Å²) in [7, 11) is 2.67. The van der Waals surface area contributed by atoms with Crippen molar-refractivity contribution in [1.82, 2.24) is 0 Å². The molecule has 2 rings (SSSR count). The summed E-state index contributed by atoms with van der Waals surface area (Å²) >= 11 is 0. The molecule has 0 aromatic carbocycles. The minimum atomic E-state index is -0.500. The number of methoxy groups -OCH3 is 2. The van der Waals surface area contributed by atoms with E-state index in [0.717, 1.165) is 5.70 Å². The predicted molar refractivity (Wildman–Crippen MR) is 71.2 cm³/mol. The first kappa shape index (κ1) is 14.2. The van der Waals surface area contributed by atoms with E-state index < -0.39 is 11.8 Å². The lowest BCUT2D eigenvalue weighted by Gasteiger charge is -2.25. The van der Waals surface area contributed by atoms with Crippen molar-refractivity contribution in [3.8, 4) is 0 Å². The van der Waals surface area contributed by atoms with Gasteiger partial charge in [0.1, 0.15) is 0 Å². The monoisotopic (exact) mass is 276 g/mol. The molecule has 106 valence electrons. The van der Waals surface area contributed by atoms with Crippen molar-refractivity contribution in [3.05, 3.63) is 36.7 Å². The third kappa shape index (κ3) is 2.87. The number of pyridine rings is 1.